The molecule has 0 amide bonds. The highest BCUT2D eigenvalue weighted by Gasteiger charge is 2.09. The molecule has 0 aliphatic carbocycles. The van der Waals surface area contributed by atoms with Crippen LogP contribution in [0.15, 0.2) is 42.5 Å². The summed E-state index contributed by atoms with van der Waals surface area (Å²) in [6.45, 7) is 3.25. The van der Waals surface area contributed by atoms with Gasteiger partial charge in [-0.05, 0) is 37.7 Å². The van der Waals surface area contributed by atoms with Gasteiger partial charge in [-0.1, -0.05) is 35.9 Å². The molecule has 0 radical (unpaired) electrons. The van der Waals surface area contributed by atoms with Crippen molar-refractivity contribution in [3.8, 4) is 5.75 Å². The molecule has 0 aliphatic heterocycles. The van der Waals surface area contributed by atoms with Gasteiger partial charge in [-0.3, -0.25) is 0 Å². The molecule has 0 spiro atoms. The monoisotopic (exact) mass is 366 g/mol. The maximum absolute atomic E-state index is 13.8. The Kier molecular flexibility index (Phi) is 8.69. The molecule has 2 aromatic rings. The third-order valence-corrected chi connectivity index (χ3v) is 4.07. The van der Waals surface area contributed by atoms with Gasteiger partial charge in [0.25, 0.3) is 0 Å². The fourth-order valence-corrected chi connectivity index (χ4v) is 2.59. The minimum Gasteiger partial charge on any atom is -0.488 e. The molecule has 2 aromatic carbocycles. The van der Waals surface area contributed by atoms with Crippen LogP contribution in [0.2, 0.25) is 5.02 Å². The average molecular weight is 367 g/mol. The molecule has 0 saturated heterocycles. The van der Waals surface area contributed by atoms with Crippen molar-refractivity contribution in [3.05, 3.63) is 64.4 Å². The average Bonchev–Trinajstić information content (AvgIpc) is 2.61. The van der Waals surface area contributed by atoms with Crippen molar-refractivity contribution in [2.45, 2.75) is 19.6 Å². The number of ether oxygens (including phenoxy) is 1. The number of rotatable bonds is 11. The van der Waals surface area contributed by atoms with Crippen LogP contribution in [0.1, 0.15) is 17.5 Å². The van der Waals surface area contributed by atoms with Crippen molar-refractivity contribution >= 4 is 11.6 Å². The second kappa shape index (κ2) is 11.1. The van der Waals surface area contributed by atoms with Crippen molar-refractivity contribution in [2.75, 3.05) is 26.2 Å². The zero-order valence-corrected chi connectivity index (χ0v) is 14.9. The quantitative estimate of drug-likeness (QED) is 0.535. The van der Waals surface area contributed by atoms with Crippen LogP contribution in [0.25, 0.3) is 0 Å². The number of nitrogens with one attached hydrogen (secondary N) is 2. The zero-order chi connectivity index (χ0) is 17.9. The Labute approximate surface area is 153 Å². The van der Waals surface area contributed by atoms with Gasteiger partial charge in [0.05, 0.1) is 11.6 Å². The fourth-order valence-electron chi connectivity index (χ4n) is 2.38. The molecule has 6 heteroatoms. The van der Waals surface area contributed by atoms with Gasteiger partial charge in [-0.25, -0.2) is 4.39 Å². The lowest BCUT2D eigenvalue weighted by atomic mass is 10.2. The largest absolute Gasteiger partial charge is 0.488 e. The standard InChI is InChI=1S/C19H24ClFN2O2/c20-17-6-3-7-18(21)16(17)14-25-19-8-2-1-5-15(19)13-23-10-4-9-22-11-12-24/h1-3,5-8,22-24H,4,9-14H2. The highest BCUT2D eigenvalue weighted by atomic mass is 35.5. The molecule has 0 heterocycles. The third kappa shape index (κ3) is 6.63. The maximum atomic E-state index is 13.8. The van der Waals surface area contributed by atoms with Gasteiger partial charge in [0.1, 0.15) is 18.2 Å². The Hall–Kier alpha value is -1.66. The van der Waals surface area contributed by atoms with Crippen LogP contribution >= 0.6 is 11.6 Å². The molecule has 0 bridgehead atoms. The second-order valence-electron chi connectivity index (χ2n) is 5.60. The molecule has 0 aromatic heterocycles. The van der Waals surface area contributed by atoms with E-state index in [1.165, 1.54) is 6.07 Å². The summed E-state index contributed by atoms with van der Waals surface area (Å²) in [5.74, 6) is 0.353. The third-order valence-electron chi connectivity index (χ3n) is 3.72. The molecular formula is C19H24ClFN2O2. The summed E-state index contributed by atoms with van der Waals surface area (Å²) in [6.07, 6.45) is 0.966. The van der Waals surface area contributed by atoms with E-state index in [2.05, 4.69) is 10.6 Å². The van der Waals surface area contributed by atoms with Crippen LogP contribution in [0.3, 0.4) is 0 Å². The number of hydrogen-bond donors (Lipinski definition) is 3. The van der Waals surface area contributed by atoms with E-state index in [-0.39, 0.29) is 19.0 Å². The fraction of sp³-hybridized carbons (Fsp3) is 0.368. The minimum absolute atomic E-state index is 0.0909. The summed E-state index contributed by atoms with van der Waals surface area (Å²) in [7, 11) is 0. The summed E-state index contributed by atoms with van der Waals surface area (Å²) >= 11 is 6.04. The normalized spacial score (nSPS) is 10.8. The topological polar surface area (TPSA) is 53.5 Å². The predicted molar refractivity (Wildman–Crippen MR) is 98.5 cm³/mol. The smallest absolute Gasteiger partial charge is 0.131 e. The van der Waals surface area contributed by atoms with Gasteiger partial charge in [0.2, 0.25) is 0 Å². The van der Waals surface area contributed by atoms with Crippen molar-refractivity contribution in [1.82, 2.24) is 10.6 Å². The van der Waals surface area contributed by atoms with E-state index in [0.717, 1.165) is 25.1 Å². The molecule has 2 rings (SSSR count). The van der Waals surface area contributed by atoms with Crippen molar-refractivity contribution in [1.29, 1.82) is 0 Å². The Morgan fingerprint density at radius 3 is 2.60 bits per heavy atom. The second-order valence-corrected chi connectivity index (χ2v) is 6.01. The number of halogens is 2. The van der Waals surface area contributed by atoms with E-state index in [0.29, 0.717) is 29.4 Å². The minimum atomic E-state index is -0.363. The first kappa shape index (κ1) is 19.7. The number of aliphatic hydroxyl groups excluding tert-OH is 1. The molecule has 136 valence electrons. The molecule has 0 unspecified atom stereocenters. The van der Waals surface area contributed by atoms with E-state index in [1.807, 2.05) is 24.3 Å². The summed E-state index contributed by atoms with van der Waals surface area (Å²) in [5.41, 5.74) is 1.38. The molecular weight excluding hydrogens is 343 g/mol. The summed E-state index contributed by atoms with van der Waals surface area (Å²) in [5, 5.41) is 15.5. The van der Waals surface area contributed by atoms with Gasteiger partial charge >= 0.3 is 0 Å². The summed E-state index contributed by atoms with van der Waals surface area (Å²) in [6, 6.07) is 12.3. The first-order chi connectivity index (χ1) is 12.2. The predicted octanol–water partition coefficient (Wildman–Crippen LogP) is 3.12. The van der Waals surface area contributed by atoms with Crippen molar-refractivity contribution in [2.24, 2.45) is 0 Å². The number of hydrogen-bond acceptors (Lipinski definition) is 4. The summed E-state index contributed by atoms with van der Waals surface area (Å²) < 4.78 is 19.6. The lowest BCUT2D eigenvalue weighted by Crippen LogP contribution is -2.24. The van der Waals surface area contributed by atoms with E-state index in [9.17, 15) is 4.39 Å². The van der Waals surface area contributed by atoms with E-state index < -0.39 is 0 Å². The van der Waals surface area contributed by atoms with Crippen LogP contribution in [-0.2, 0) is 13.2 Å². The Morgan fingerprint density at radius 2 is 1.80 bits per heavy atom. The van der Waals surface area contributed by atoms with Crippen molar-refractivity contribution < 1.29 is 14.2 Å². The molecule has 0 aliphatic rings. The maximum Gasteiger partial charge on any atom is 0.131 e. The Bertz CT molecular complexity index is 635. The zero-order valence-electron chi connectivity index (χ0n) is 14.1. The van der Waals surface area contributed by atoms with Crippen LogP contribution in [0.4, 0.5) is 4.39 Å². The molecule has 0 saturated carbocycles. The Morgan fingerprint density at radius 1 is 1.00 bits per heavy atom. The number of aliphatic hydroxyl groups is 1. The molecule has 0 atom stereocenters. The number of benzene rings is 2. The highest BCUT2D eigenvalue weighted by Crippen LogP contribution is 2.23. The highest BCUT2D eigenvalue weighted by molar-refractivity contribution is 6.31. The van der Waals surface area contributed by atoms with E-state index in [4.69, 9.17) is 21.4 Å². The van der Waals surface area contributed by atoms with Gasteiger partial charge in [0, 0.05) is 24.2 Å². The van der Waals surface area contributed by atoms with Crippen molar-refractivity contribution in [3.63, 3.8) is 0 Å². The van der Waals surface area contributed by atoms with Gasteiger partial charge in [-0.2, -0.15) is 0 Å². The van der Waals surface area contributed by atoms with Gasteiger partial charge in [0.15, 0.2) is 0 Å². The Balaban J connectivity index is 1.84. The van der Waals surface area contributed by atoms with E-state index in [1.54, 1.807) is 12.1 Å². The van der Waals surface area contributed by atoms with E-state index >= 15 is 0 Å². The lowest BCUT2D eigenvalue weighted by molar-refractivity contribution is 0.291. The van der Waals surface area contributed by atoms with Crippen LogP contribution in [0, 0.1) is 5.82 Å². The molecule has 3 N–H and O–H groups in total. The van der Waals surface area contributed by atoms with Gasteiger partial charge < -0.3 is 20.5 Å². The number of para-hydroxylation sites is 1. The first-order valence-electron chi connectivity index (χ1n) is 8.38. The molecule has 4 nitrogen and oxygen atoms in total. The molecule has 25 heavy (non-hydrogen) atoms. The van der Waals surface area contributed by atoms with Gasteiger partial charge in [-0.15, -0.1) is 0 Å². The van der Waals surface area contributed by atoms with Crippen LogP contribution in [0.5, 0.6) is 5.75 Å². The van der Waals surface area contributed by atoms with Crippen LogP contribution < -0.4 is 15.4 Å². The first-order valence-corrected chi connectivity index (χ1v) is 8.76. The SMILES string of the molecule is OCCNCCCNCc1ccccc1OCc1c(F)cccc1Cl. The van der Waals surface area contributed by atoms with Crippen LogP contribution in [-0.4, -0.2) is 31.3 Å². The summed E-state index contributed by atoms with van der Waals surface area (Å²) in [4.78, 5) is 0. The molecule has 0 fully saturated rings. The lowest BCUT2D eigenvalue weighted by Gasteiger charge is -2.13.